The summed E-state index contributed by atoms with van der Waals surface area (Å²) in [6.07, 6.45) is 4.85. The van der Waals surface area contributed by atoms with Crippen LogP contribution in [0.4, 0.5) is 14.5 Å². The van der Waals surface area contributed by atoms with Crippen molar-refractivity contribution in [2.24, 2.45) is 11.3 Å². The number of para-hydroxylation sites is 1. The van der Waals surface area contributed by atoms with E-state index in [-0.39, 0.29) is 5.91 Å². The highest BCUT2D eigenvalue weighted by Gasteiger charge is 2.40. The summed E-state index contributed by atoms with van der Waals surface area (Å²) in [6, 6.07) is 6.68. The van der Waals surface area contributed by atoms with E-state index < -0.39 is 17.0 Å². The van der Waals surface area contributed by atoms with Crippen LogP contribution in [0.5, 0.6) is 0 Å². The maximum Gasteiger partial charge on any atom is 0.306 e. The van der Waals surface area contributed by atoms with Gasteiger partial charge >= 0.3 is 6.43 Å². The van der Waals surface area contributed by atoms with E-state index in [1.165, 1.54) is 0 Å². The lowest BCUT2D eigenvalue weighted by Crippen LogP contribution is -2.39. The van der Waals surface area contributed by atoms with Gasteiger partial charge in [-0.05, 0) is 49.1 Å². The van der Waals surface area contributed by atoms with Gasteiger partial charge in [-0.3, -0.25) is 9.59 Å². The van der Waals surface area contributed by atoms with Crippen LogP contribution in [-0.2, 0) is 9.59 Å². The van der Waals surface area contributed by atoms with Gasteiger partial charge in [-0.1, -0.05) is 58.1 Å². The topological polar surface area (TPSA) is 46.2 Å². The molecule has 0 bridgehead atoms. The van der Waals surface area contributed by atoms with Crippen molar-refractivity contribution in [2.75, 3.05) is 5.32 Å². The van der Waals surface area contributed by atoms with Crippen molar-refractivity contribution in [1.29, 1.82) is 0 Å². The number of hydrogen-bond acceptors (Lipinski definition) is 3. The number of carbonyl (C=O) groups excluding carboxylic acids is 2. The maximum atomic E-state index is 13.3. The standard InChI is InChI=1S/C21H29F2NO2S/c1-3-15(4-2)14-21(12-8-5-9-13-21)20(26)24-16-10-6-7-11-17(16)27-19(25)18(22)23/h6-7,10-11,15,18H,3-5,8-9,12-14H2,1-2H3,(H,24,26). The Hall–Kier alpha value is -1.43. The Morgan fingerprint density at radius 3 is 2.33 bits per heavy atom. The summed E-state index contributed by atoms with van der Waals surface area (Å²) < 4.78 is 25.2. The number of nitrogens with one attached hydrogen (secondary N) is 1. The molecule has 0 saturated heterocycles. The van der Waals surface area contributed by atoms with Crippen LogP contribution < -0.4 is 5.32 Å². The predicted molar refractivity (Wildman–Crippen MR) is 106 cm³/mol. The molecule has 1 saturated carbocycles. The van der Waals surface area contributed by atoms with Crippen LogP contribution in [0.15, 0.2) is 29.2 Å². The highest BCUT2D eigenvalue weighted by atomic mass is 32.2. The first-order valence-electron chi connectivity index (χ1n) is 9.82. The number of benzene rings is 1. The van der Waals surface area contributed by atoms with E-state index in [9.17, 15) is 18.4 Å². The number of halogens is 2. The third-order valence-electron chi connectivity index (χ3n) is 5.65. The van der Waals surface area contributed by atoms with Crippen LogP contribution in [0.1, 0.15) is 65.2 Å². The molecule has 1 aromatic carbocycles. The second-order valence-electron chi connectivity index (χ2n) is 7.40. The van der Waals surface area contributed by atoms with E-state index in [1.54, 1.807) is 24.3 Å². The highest BCUT2D eigenvalue weighted by Crippen LogP contribution is 2.44. The molecule has 0 aliphatic heterocycles. The molecule has 3 nitrogen and oxygen atoms in total. The zero-order chi connectivity index (χ0) is 19.9. The smallest absolute Gasteiger partial charge is 0.306 e. The molecule has 27 heavy (non-hydrogen) atoms. The molecular weight excluding hydrogens is 368 g/mol. The number of amides is 1. The number of alkyl halides is 2. The average molecular weight is 398 g/mol. The fourth-order valence-corrected chi connectivity index (χ4v) is 4.63. The summed E-state index contributed by atoms with van der Waals surface area (Å²) in [5.74, 6) is 0.463. The summed E-state index contributed by atoms with van der Waals surface area (Å²) in [6.45, 7) is 4.31. The van der Waals surface area contributed by atoms with Gasteiger partial charge in [0.25, 0.3) is 5.12 Å². The molecule has 1 N–H and O–H groups in total. The summed E-state index contributed by atoms with van der Waals surface area (Å²) in [7, 11) is 0. The second kappa shape index (κ2) is 10.2. The van der Waals surface area contributed by atoms with E-state index in [0.29, 0.717) is 28.3 Å². The van der Waals surface area contributed by atoms with Crippen molar-refractivity contribution in [3.05, 3.63) is 24.3 Å². The van der Waals surface area contributed by atoms with Crippen molar-refractivity contribution in [1.82, 2.24) is 0 Å². The Balaban J connectivity index is 2.21. The number of hydrogen-bond donors (Lipinski definition) is 1. The molecule has 6 heteroatoms. The monoisotopic (exact) mass is 397 g/mol. The first kappa shape index (κ1) is 21.9. The molecule has 0 unspecified atom stereocenters. The average Bonchev–Trinajstić information content (AvgIpc) is 2.68. The van der Waals surface area contributed by atoms with Gasteiger partial charge in [-0.25, -0.2) is 8.78 Å². The molecule has 0 aromatic heterocycles. The van der Waals surface area contributed by atoms with Crippen molar-refractivity contribution in [2.45, 2.75) is 76.5 Å². The zero-order valence-electron chi connectivity index (χ0n) is 16.1. The van der Waals surface area contributed by atoms with Gasteiger partial charge < -0.3 is 5.32 Å². The highest BCUT2D eigenvalue weighted by molar-refractivity contribution is 8.13. The minimum absolute atomic E-state index is 0.0355. The van der Waals surface area contributed by atoms with Crippen LogP contribution >= 0.6 is 11.8 Å². The third-order valence-corrected chi connectivity index (χ3v) is 6.61. The first-order valence-corrected chi connectivity index (χ1v) is 10.6. The SMILES string of the molecule is CCC(CC)CC1(C(=O)Nc2ccccc2SC(=O)C(F)F)CCCCC1. The Bertz CT molecular complexity index is 641. The Morgan fingerprint density at radius 2 is 1.74 bits per heavy atom. The molecule has 0 spiro atoms. The lowest BCUT2D eigenvalue weighted by Gasteiger charge is -2.38. The summed E-state index contributed by atoms with van der Waals surface area (Å²) in [5.41, 5.74) is 0.0374. The molecule has 1 amide bonds. The molecule has 0 atom stereocenters. The Morgan fingerprint density at radius 1 is 1.11 bits per heavy atom. The van der Waals surface area contributed by atoms with Gasteiger partial charge in [0, 0.05) is 10.3 Å². The van der Waals surface area contributed by atoms with Crippen molar-refractivity contribution >= 4 is 28.5 Å². The van der Waals surface area contributed by atoms with E-state index in [1.807, 2.05) is 0 Å². The summed E-state index contributed by atoms with van der Waals surface area (Å²) in [5, 5.41) is 1.75. The van der Waals surface area contributed by atoms with Crippen LogP contribution in [0.25, 0.3) is 0 Å². The number of thioether (sulfide) groups is 1. The predicted octanol–water partition coefficient (Wildman–Crippen LogP) is 6.29. The molecule has 0 radical (unpaired) electrons. The fourth-order valence-electron chi connectivity index (χ4n) is 3.95. The lowest BCUT2D eigenvalue weighted by molar-refractivity contribution is -0.128. The molecular formula is C21H29F2NO2S. The molecule has 1 aliphatic rings. The lowest BCUT2D eigenvalue weighted by atomic mass is 9.67. The van der Waals surface area contributed by atoms with Crippen molar-refractivity contribution < 1.29 is 18.4 Å². The molecule has 2 rings (SSSR count). The van der Waals surface area contributed by atoms with E-state index in [4.69, 9.17) is 0 Å². The maximum absolute atomic E-state index is 13.3. The van der Waals surface area contributed by atoms with Gasteiger partial charge in [0.1, 0.15) is 0 Å². The van der Waals surface area contributed by atoms with Gasteiger partial charge in [-0.2, -0.15) is 0 Å². The summed E-state index contributed by atoms with van der Waals surface area (Å²) >= 11 is 0.485. The fraction of sp³-hybridized carbons (Fsp3) is 0.619. The molecule has 1 aromatic rings. The van der Waals surface area contributed by atoms with Crippen molar-refractivity contribution in [3.8, 4) is 0 Å². The number of rotatable bonds is 8. The van der Waals surface area contributed by atoms with E-state index >= 15 is 0 Å². The summed E-state index contributed by atoms with van der Waals surface area (Å²) in [4.78, 5) is 25.1. The van der Waals surface area contributed by atoms with Crippen molar-refractivity contribution in [3.63, 3.8) is 0 Å². The largest absolute Gasteiger partial charge is 0.325 e. The third kappa shape index (κ3) is 5.77. The van der Waals surface area contributed by atoms with Gasteiger partial charge in [0.15, 0.2) is 0 Å². The van der Waals surface area contributed by atoms with E-state index in [2.05, 4.69) is 19.2 Å². The minimum Gasteiger partial charge on any atom is -0.325 e. The number of anilines is 1. The number of carbonyl (C=O) groups is 2. The molecule has 1 aliphatic carbocycles. The molecule has 150 valence electrons. The van der Waals surface area contributed by atoms with Crippen LogP contribution in [0, 0.1) is 11.3 Å². The van der Waals surface area contributed by atoms with Crippen LogP contribution in [0.3, 0.4) is 0 Å². The van der Waals surface area contributed by atoms with Crippen LogP contribution in [0.2, 0.25) is 0 Å². The molecule has 1 fully saturated rings. The first-order chi connectivity index (χ1) is 12.9. The zero-order valence-corrected chi connectivity index (χ0v) is 16.9. The quantitative estimate of drug-likeness (QED) is 0.525. The molecule has 0 heterocycles. The normalized spacial score (nSPS) is 16.5. The van der Waals surface area contributed by atoms with Crippen LogP contribution in [-0.4, -0.2) is 17.4 Å². The van der Waals surface area contributed by atoms with Gasteiger partial charge in [-0.15, -0.1) is 0 Å². The minimum atomic E-state index is -3.03. The van der Waals surface area contributed by atoms with Gasteiger partial charge in [0.05, 0.1) is 5.69 Å². The van der Waals surface area contributed by atoms with Gasteiger partial charge in [0.2, 0.25) is 5.91 Å². The Labute approximate surface area is 164 Å². The second-order valence-corrected chi connectivity index (χ2v) is 8.45. The van der Waals surface area contributed by atoms with E-state index in [0.717, 1.165) is 51.4 Å². The Kier molecular flexibility index (Phi) is 8.27.